The summed E-state index contributed by atoms with van der Waals surface area (Å²) in [7, 11) is -5.65. The van der Waals surface area contributed by atoms with E-state index in [9.17, 15) is 17.7 Å². The Hall–Kier alpha value is -1.60. The minimum atomic E-state index is -5.65. The molecule has 0 amide bonds. The van der Waals surface area contributed by atoms with Crippen LogP contribution in [0.25, 0.3) is 10.9 Å². The first-order valence-electron chi connectivity index (χ1n) is 7.50. The van der Waals surface area contributed by atoms with Crippen molar-refractivity contribution >= 4 is 34.4 Å². The van der Waals surface area contributed by atoms with Crippen molar-refractivity contribution in [3.8, 4) is 0 Å². The Morgan fingerprint density at radius 1 is 1.19 bits per heavy atom. The summed E-state index contributed by atoms with van der Waals surface area (Å²) < 4.78 is 52.3. The molecule has 3 N–H and O–H groups in total. The molecule has 0 aliphatic rings. The summed E-state index contributed by atoms with van der Waals surface area (Å²) in [6, 6.07) is 8.12. The summed E-state index contributed by atoms with van der Waals surface area (Å²) >= 11 is 2.97. The zero-order chi connectivity index (χ0) is 19.3. The molecule has 0 radical (unpaired) electrons. The van der Waals surface area contributed by atoms with Crippen LogP contribution >= 0.6 is 23.5 Å². The van der Waals surface area contributed by atoms with Crippen LogP contribution in [0, 0.1) is 12.7 Å². The van der Waals surface area contributed by atoms with Crippen molar-refractivity contribution in [3.63, 3.8) is 0 Å². The molecule has 0 bridgehead atoms. The predicted octanol–water partition coefficient (Wildman–Crippen LogP) is 5.20. The van der Waals surface area contributed by atoms with Gasteiger partial charge in [-0.05, 0) is 48.7 Å². The molecular formula is C17H14BrF3NO3P. The van der Waals surface area contributed by atoms with Crippen LogP contribution in [0.15, 0.2) is 40.9 Å². The average molecular weight is 448 g/mol. The largest absolute Gasteiger partial charge is 0.399 e. The van der Waals surface area contributed by atoms with Crippen molar-refractivity contribution < 1.29 is 27.5 Å². The molecule has 0 unspecified atom stereocenters. The van der Waals surface area contributed by atoms with Crippen LogP contribution in [0.4, 0.5) is 13.2 Å². The lowest BCUT2D eigenvalue weighted by Crippen LogP contribution is -2.14. The van der Waals surface area contributed by atoms with Crippen LogP contribution in [0.2, 0.25) is 0 Å². The van der Waals surface area contributed by atoms with Gasteiger partial charge in [0.1, 0.15) is 5.82 Å². The second-order valence-electron chi connectivity index (χ2n) is 5.99. The molecule has 0 saturated carbocycles. The third kappa shape index (κ3) is 3.34. The van der Waals surface area contributed by atoms with Crippen LogP contribution in [0.1, 0.15) is 22.4 Å². The van der Waals surface area contributed by atoms with E-state index in [2.05, 4.69) is 20.9 Å². The summed E-state index contributed by atoms with van der Waals surface area (Å²) in [5, 5.41) is 0.697. The number of aromatic amines is 1. The number of alkyl halides is 2. The molecule has 0 fully saturated rings. The number of aromatic nitrogens is 1. The molecule has 0 saturated heterocycles. The fourth-order valence-corrected chi connectivity index (χ4v) is 4.19. The number of aryl methyl sites for hydroxylation is 1. The van der Waals surface area contributed by atoms with E-state index in [4.69, 9.17) is 9.79 Å². The predicted molar refractivity (Wildman–Crippen MR) is 95.9 cm³/mol. The second-order valence-corrected chi connectivity index (χ2v) is 8.50. The Morgan fingerprint density at radius 2 is 1.88 bits per heavy atom. The maximum Gasteiger partial charge on any atom is 0.399 e. The maximum atomic E-state index is 13.9. The van der Waals surface area contributed by atoms with Crippen molar-refractivity contribution in [2.24, 2.45) is 0 Å². The normalized spacial score (nSPS) is 12.7. The van der Waals surface area contributed by atoms with E-state index in [-0.39, 0.29) is 10.3 Å². The SMILES string of the molecule is Cc1[nH]c2ccc(F)cc2c1Cc1ccc(C(F)(F)P(=O)(O)O)c(Br)c1. The smallest absolute Gasteiger partial charge is 0.358 e. The van der Waals surface area contributed by atoms with Crippen LogP contribution in [0.5, 0.6) is 0 Å². The van der Waals surface area contributed by atoms with Crippen molar-refractivity contribution in [1.29, 1.82) is 0 Å². The van der Waals surface area contributed by atoms with Gasteiger partial charge in [0.05, 0.1) is 0 Å². The Labute approximate surface area is 155 Å². The van der Waals surface area contributed by atoms with Gasteiger partial charge in [0.25, 0.3) is 0 Å². The third-order valence-electron chi connectivity index (χ3n) is 4.19. The minimum absolute atomic E-state index is 0.105. The number of hydrogen-bond acceptors (Lipinski definition) is 1. The van der Waals surface area contributed by atoms with E-state index in [1.54, 1.807) is 6.07 Å². The number of fused-ring (bicyclic) bond motifs is 1. The third-order valence-corrected chi connectivity index (χ3v) is 5.81. The Morgan fingerprint density at radius 3 is 2.50 bits per heavy atom. The minimum Gasteiger partial charge on any atom is -0.358 e. The molecule has 0 atom stereocenters. The molecule has 1 heterocycles. The lowest BCUT2D eigenvalue weighted by Gasteiger charge is -2.19. The van der Waals surface area contributed by atoms with Gasteiger partial charge >= 0.3 is 13.3 Å². The Bertz CT molecular complexity index is 1050. The first-order valence-corrected chi connectivity index (χ1v) is 9.90. The van der Waals surface area contributed by atoms with Gasteiger partial charge in [0.2, 0.25) is 0 Å². The van der Waals surface area contributed by atoms with Gasteiger partial charge in [-0.2, -0.15) is 8.78 Å². The molecule has 2 aromatic carbocycles. The first-order chi connectivity index (χ1) is 12.0. The van der Waals surface area contributed by atoms with Crippen molar-refractivity contribution in [1.82, 2.24) is 4.98 Å². The fraction of sp³-hybridized carbons (Fsp3) is 0.176. The summed E-state index contributed by atoms with van der Waals surface area (Å²) in [4.78, 5) is 20.9. The maximum absolute atomic E-state index is 13.9. The molecule has 1 aromatic heterocycles. The van der Waals surface area contributed by atoms with Gasteiger partial charge < -0.3 is 14.8 Å². The molecule has 3 aromatic rings. The number of benzene rings is 2. The molecule has 0 spiro atoms. The quantitative estimate of drug-likeness (QED) is 0.481. The van der Waals surface area contributed by atoms with Gasteiger partial charge in [-0.15, -0.1) is 0 Å². The van der Waals surface area contributed by atoms with Gasteiger partial charge in [-0.25, -0.2) is 4.39 Å². The standard InChI is InChI=1S/C17H14BrF3NO3P/c1-9-12(13-8-11(19)3-5-16(13)22-9)6-10-2-4-14(15(18)7-10)17(20,21)26(23,24)25/h2-5,7-8,22H,6H2,1H3,(H2,23,24,25). The van der Waals surface area contributed by atoms with Gasteiger partial charge in [-0.3, -0.25) is 4.57 Å². The zero-order valence-electron chi connectivity index (χ0n) is 13.4. The highest BCUT2D eigenvalue weighted by Crippen LogP contribution is 2.60. The molecule has 9 heteroatoms. The van der Waals surface area contributed by atoms with E-state index < -0.39 is 18.8 Å². The summed E-state index contributed by atoms with van der Waals surface area (Å²) in [5.74, 6) is -0.379. The van der Waals surface area contributed by atoms with E-state index >= 15 is 0 Å². The van der Waals surface area contributed by atoms with E-state index in [1.807, 2.05) is 6.92 Å². The van der Waals surface area contributed by atoms with E-state index in [0.29, 0.717) is 17.4 Å². The fourth-order valence-electron chi connectivity index (χ4n) is 2.86. The molecule has 3 rings (SSSR count). The summed E-state index contributed by atoms with van der Waals surface area (Å²) in [6.45, 7) is 1.83. The monoisotopic (exact) mass is 447 g/mol. The topological polar surface area (TPSA) is 73.3 Å². The van der Waals surface area contributed by atoms with Gasteiger partial charge in [-0.1, -0.05) is 28.1 Å². The highest BCUT2D eigenvalue weighted by atomic mass is 79.9. The number of H-pyrrole nitrogens is 1. The molecule has 4 nitrogen and oxygen atoms in total. The number of halogens is 4. The zero-order valence-corrected chi connectivity index (χ0v) is 15.9. The first kappa shape index (κ1) is 19.2. The highest BCUT2D eigenvalue weighted by molar-refractivity contribution is 9.10. The average Bonchev–Trinajstić information content (AvgIpc) is 2.82. The molecule has 26 heavy (non-hydrogen) atoms. The Kier molecular flexibility index (Phi) is 4.82. The van der Waals surface area contributed by atoms with Gasteiger partial charge in [0, 0.05) is 26.6 Å². The number of nitrogens with one attached hydrogen (secondary N) is 1. The Balaban J connectivity index is 2.01. The van der Waals surface area contributed by atoms with Crippen molar-refractivity contribution in [2.75, 3.05) is 0 Å². The summed E-state index contributed by atoms with van der Waals surface area (Å²) in [5.41, 5.74) is -2.02. The van der Waals surface area contributed by atoms with Crippen LogP contribution in [0.3, 0.4) is 0 Å². The molecular weight excluding hydrogens is 434 g/mol. The molecule has 0 aliphatic heterocycles. The summed E-state index contributed by atoms with van der Waals surface area (Å²) in [6.07, 6.45) is 0.343. The number of hydrogen-bond donors (Lipinski definition) is 3. The van der Waals surface area contributed by atoms with E-state index in [1.165, 1.54) is 24.3 Å². The lowest BCUT2D eigenvalue weighted by molar-refractivity contribution is 0.0557. The van der Waals surface area contributed by atoms with Gasteiger partial charge in [0.15, 0.2) is 0 Å². The lowest BCUT2D eigenvalue weighted by atomic mass is 10.0. The van der Waals surface area contributed by atoms with E-state index in [0.717, 1.165) is 22.8 Å². The van der Waals surface area contributed by atoms with Crippen molar-refractivity contribution in [3.05, 3.63) is 69.1 Å². The van der Waals surface area contributed by atoms with Crippen LogP contribution in [-0.2, 0) is 16.6 Å². The van der Waals surface area contributed by atoms with Crippen LogP contribution in [-0.4, -0.2) is 14.8 Å². The highest BCUT2D eigenvalue weighted by Gasteiger charge is 2.51. The second kappa shape index (κ2) is 6.53. The molecule has 0 aliphatic carbocycles. The molecule has 138 valence electrons. The van der Waals surface area contributed by atoms with Crippen molar-refractivity contribution in [2.45, 2.75) is 19.0 Å². The van der Waals surface area contributed by atoms with Crippen LogP contribution < -0.4 is 0 Å². The number of rotatable bonds is 4.